The summed E-state index contributed by atoms with van der Waals surface area (Å²) < 4.78 is 5.18. The first kappa shape index (κ1) is 20.8. The van der Waals surface area contributed by atoms with Crippen LogP contribution >= 0.6 is 0 Å². The molecule has 4 rings (SSSR count). The van der Waals surface area contributed by atoms with E-state index in [4.69, 9.17) is 4.74 Å². The van der Waals surface area contributed by atoms with Crippen LogP contribution in [0.25, 0.3) is 11.3 Å². The van der Waals surface area contributed by atoms with E-state index in [-0.39, 0.29) is 11.8 Å². The molecule has 1 aliphatic heterocycles. The molecule has 1 aromatic heterocycles. The summed E-state index contributed by atoms with van der Waals surface area (Å²) in [6, 6.07) is 20.0. The number of carbonyl (C=O) groups is 1. The largest absolute Gasteiger partial charge is 0.497 e. The normalized spacial score (nSPS) is 16.1. The van der Waals surface area contributed by atoms with Crippen molar-refractivity contribution in [2.45, 2.75) is 26.3 Å². The van der Waals surface area contributed by atoms with Crippen molar-refractivity contribution in [2.24, 2.45) is 5.92 Å². The molecule has 1 N–H and O–H groups in total. The Morgan fingerprint density at radius 1 is 1.06 bits per heavy atom. The lowest BCUT2D eigenvalue weighted by Gasteiger charge is -2.32. The van der Waals surface area contributed by atoms with E-state index in [0.29, 0.717) is 13.1 Å². The fraction of sp³-hybridized carbons (Fsp3) is 0.320. The monoisotopic (exact) mass is 416 g/mol. The van der Waals surface area contributed by atoms with Crippen LogP contribution in [0.3, 0.4) is 0 Å². The second-order valence-electron chi connectivity index (χ2n) is 7.99. The number of hydrogen-bond acceptors (Lipinski definition) is 5. The van der Waals surface area contributed by atoms with Gasteiger partial charge in [0.1, 0.15) is 5.75 Å². The molecule has 1 atom stereocenters. The predicted octanol–water partition coefficient (Wildman–Crippen LogP) is 3.99. The van der Waals surface area contributed by atoms with Crippen LogP contribution < -0.4 is 15.0 Å². The zero-order valence-corrected chi connectivity index (χ0v) is 18.0. The van der Waals surface area contributed by atoms with Crippen molar-refractivity contribution in [2.75, 3.05) is 25.1 Å². The summed E-state index contributed by atoms with van der Waals surface area (Å²) in [4.78, 5) is 14.9. The highest BCUT2D eigenvalue weighted by molar-refractivity contribution is 5.79. The minimum atomic E-state index is -0.0504. The Balaban J connectivity index is 1.35. The van der Waals surface area contributed by atoms with Gasteiger partial charge in [0.25, 0.3) is 0 Å². The van der Waals surface area contributed by atoms with Crippen molar-refractivity contribution in [3.05, 3.63) is 71.8 Å². The molecule has 3 aromatic rings. The van der Waals surface area contributed by atoms with Crippen molar-refractivity contribution in [1.82, 2.24) is 15.5 Å². The average Bonchev–Trinajstić information content (AvgIpc) is 2.83. The van der Waals surface area contributed by atoms with Crippen LogP contribution in [0.5, 0.6) is 5.75 Å². The Bertz CT molecular complexity index is 1000. The number of piperidine rings is 1. The number of rotatable bonds is 6. The molecule has 6 heteroatoms. The molecule has 0 spiro atoms. The van der Waals surface area contributed by atoms with Gasteiger partial charge in [-0.2, -0.15) is 0 Å². The second kappa shape index (κ2) is 9.60. The lowest BCUT2D eigenvalue weighted by atomic mass is 9.97. The van der Waals surface area contributed by atoms with E-state index in [2.05, 4.69) is 51.6 Å². The lowest BCUT2D eigenvalue weighted by Crippen LogP contribution is -2.43. The highest BCUT2D eigenvalue weighted by Crippen LogP contribution is 2.24. The van der Waals surface area contributed by atoms with Crippen molar-refractivity contribution in [3.8, 4) is 17.0 Å². The fourth-order valence-electron chi connectivity index (χ4n) is 3.85. The van der Waals surface area contributed by atoms with Gasteiger partial charge in [0.2, 0.25) is 5.91 Å². The third-order valence-corrected chi connectivity index (χ3v) is 5.74. The van der Waals surface area contributed by atoms with Crippen molar-refractivity contribution in [1.29, 1.82) is 0 Å². The summed E-state index contributed by atoms with van der Waals surface area (Å²) in [6.45, 7) is 4.14. The van der Waals surface area contributed by atoms with Gasteiger partial charge in [-0.15, -0.1) is 10.2 Å². The van der Waals surface area contributed by atoms with E-state index < -0.39 is 0 Å². The SMILES string of the molecule is COc1ccc(CNC(=O)[C@@H]2CCCN(c3ccc(-c4ccc(C)cc4)nn3)C2)cc1. The van der Waals surface area contributed by atoms with Crippen LogP contribution in [-0.4, -0.2) is 36.3 Å². The van der Waals surface area contributed by atoms with E-state index in [9.17, 15) is 4.79 Å². The number of amides is 1. The van der Waals surface area contributed by atoms with Crippen LogP contribution in [0.1, 0.15) is 24.0 Å². The van der Waals surface area contributed by atoms with Gasteiger partial charge >= 0.3 is 0 Å². The first-order chi connectivity index (χ1) is 15.1. The first-order valence-electron chi connectivity index (χ1n) is 10.7. The number of carbonyl (C=O) groups excluding carboxylic acids is 1. The standard InChI is InChI=1S/C25H28N4O2/c1-18-5-9-20(10-6-18)23-13-14-24(28-27-23)29-15-3-4-21(17-29)25(30)26-16-19-7-11-22(31-2)12-8-19/h5-14,21H,3-4,15-17H2,1-2H3,(H,26,30)/t21-/m1/s1. The first-order valence-corrected chi connectivity index (χ1v) is 10.7. The molecule has 0 saturated carbocycles. The molecule has 0 bridgehead atoms. The van der Waals surface area contributed by atoms with Gasteiger partial charge in [-0.05, 0) is 49.6 Å². The molecule has 160 valence electrons. The van der Waals surface area contributed by atoms with Crippen LogP contribution in [0.4, 0.5) is 5.82 Å². The summed E-state index contributed by atoms with van der Waals surface area (Å²) in [6.07, 6.45) is 1.85. The average molecular weight is 417 g/mol. The fourth-order valence-corrected chi connectivity index (χ4v) is 3.85. The van der Waals surface area contributed by atoms with Gasteiger partial charge in [-0.3, -0.25) is 4.79 Å². The van der Waals surface area contributed by atoms with Crippen molar-refractivity contribution < 1.29 is 9.53 Å². The van der Waals surface area contributed by atoms with Gasteiger partial charge in [-0.1, -0.05) is 42.0 Å². The molecule has 2 heterocycles. The van der Waals surface area contributed by atoms with Crippen LogP contribution in [0.2, 0.25) is 0 Å². The van der Waals surface area contributed by atoms with Gasteiger partial charge in [0, 0.05) is 25.2 Å². The second-order valence-corrected chi connectivity index (χ2v) is 7.99. The smallest absolute Gasteiger partial charge is 0.225 e. The van der Waals surface area contributed by atoms with E-state index in [1.807, 2.05) is 36.4 Å². The number of anilines is 1. The Morgan fingerprint density at radius 3 is 2.52 bits per heavy atom. The maximum atomic E-state index is 12.7. The summed E-state index contributed by atoms with van der Waals surface area (Å²) in [5.41, 5.74) is 4.19. The van der Waals surface area contributed by atoms with Crippen LogP contribution in [-0.2, 0) is 11.3 Å². The van der Waals surface area contributed by atoms with Gasteiger partial charge < -0.3 is 15.0 Å². The number of aryl methyl sites for hydroxylation is 1. The summed E-state index contributed by atoms with van der Waals surface area (Å²) in [5.74, 6) is 1.67. The molecule has 0 radical (unpaired) electrons. The molecule has 2 aromatic carbocycles. The molecule has 1 aliphatic rings. The van der Waals surface area contributed by atoms with Gasteiger partial charge in [0.15, 0.2) is 5.82 Å². The van der Waals surface area contributed by atoms with Crippen LogP contribution in [0, 0.1) is 12.8 Å². The maximum absolute atomic E-state index is 12.7. The van der Waals surface area contributed by atoms with Crippen molar-refractivity contribution in [3.63, 3.8) is 0 Å². The zero-order chi connectivity index (χ0) is 21.6. The number of aromatic nitrogens is 2. The number of ether oxygens (including phenoxy) is 1. The third-order valence-electron chi connectivity index (χ3n) is 5.74. The topological polar surface area (TPSA) is 67.3 Å². The molecule has 0 aliphatic carbocycles. The van der Waals surface area contributed by atoms with Crippen molar-refractivity contribution >= 4 is 11.7 Å². The minimum absolute atomic E-state index is 0.0504. The van der Waals surface area contributed by atoms with Crippen LogP contribution in [0.15, 0.2) is 60.7 Å². The van der Waals surface area contributed by atoms with E-state index in [0.717, 1.165) is 47.8 Å². The molecule has 1 fully saturated rings. The Morgan fingerprint density at radius 2 is 1.84 bits per heavy atom. The predicted molar refractivity (Wildman–Crippen MR) is 122 cm³/mol. The van der Waals surface area contributed by atoms with E-state index >= 15 is 0 Å². The Kier molecular flexibility index (Phi) is 6.46. The van der Waals surface area contributed by atoms with Gasteiger partial charge in [-0.25, -0.2) is 0 Å². The highest BCUT2D eigenvalue weighted by atomic mass is 16.5. The zero-order valence-electron chi connectivity index (χ0n) is 18.0. The molecule has 1 saturated heterocycles. The summed E-state index contributed by atoms with van der Waals surface area (Å²) in [5, 5.41) is 11.9. The Labute approximate surface area is 183 Å². The highest BCUT2D eigenvalue weighted by Gasteiger charge is 2.26. The number of methoxy groups -OCH3 is 1. The Hall–Kier alpha value is -3.41. The lowest BCUT2D eigenvalue weighted by molar-refractivity contribution is -0.125. The molecule has 6 nitrogen and oxygen atoms in total. The van der Waals surface area contributed by atoms with Gasteiger partial charge in [0.05, 0.1) is 18.7 Å². The van der Waals surface area contributed by atoms with E-state index in [1.165, 1.54) is 5.56 Å². The number of hydrogen-bond donors (Lipinski definition) is 1. The molecular weight excluding hydrogens is 388 g/mol. The molecule has 31 heavy (non-hydrogen) atoms. The van der Waals surface area contributed by atoms with E-state index in [1.54, 1.807) is 7.11 Å². The number of benzene rings is 2. The quantitative estimate of drug-likeness (QED) is 0.658. The number of nitrogens with one attached hydrogen (secondary N) is 1. The molecular formula is C25H28N4O2. The summed E-state index contributed by atoms with van der Waals surface area (Å²) >= 11 is 0. The minimum Gasteiger partial charge on any atom is -0.497 e. The number of nitrogens with zero attached hydrogens (tertiary/aromatic N) is 3. The molecule has 1 amide bonds. The third kappa shape index (κ3) is 5.20. The molecule has 0 unspecified atom stereocenters. The maximum Gasteiger partial charge on any atom is 0.225 e. The summed E-state index contributed by atoms with van der Waals surface area (Å²) in [7, 11) is 1.64.